The molecule has 1 aromatic carbocycles. The largest absolute Gasteiger partial charge is 0.486 e. The van der Waals surface area contributed by atoms with Gasteiger partial charge in [-0.1, -0.05) is 12.1 Å². The second-order valence-electron chi connectivity index (χ2n) is 5.93. The predicted molar refractivity (Wildman–Crippen MR) is 84.6 cm³/mol. The molecule has 23 heavy (non-hydrogen) atoms. The molecule has 0 bridgehead atoms. The zero-order chi connectivity index (χ0) is 16.4. The highest BCUT2D eigenvalue weighted by Gasteiger charge is 2.30. The van der Waals surface area contributed by atoms with Crippen molar-refractivity contribution in [2.45, 2.75) is 18.6 Å². The highest BCUT2D eigenvalue weighted by atomic mass is 32.2. The number of nitrogens with one attached hydrogen (secondary N) is 1. The second kappa shape index (κ2) is 6.27. The number of carbonyl (C=O) groups excluding carboxylic acids is 1. The maximum Gasteiger partial charge on any atom is 0.317 e. The van der Waals surface area contributed by atoms with Crippen molar-refractivity contribution in [3.8, 4) is 11.5 Å². The highest BCUT2D eigenvalue weighted by molar-refractivity contribution is 7.91. The Morgan fingerprint density at radius 3 is 2.78 bits per heavy atom. The number of nitrogens with zero attached hydrogens (tertiary/aromatic N) is 1. The number of hydrogen-bond donors (Lipinski definition) is 1. The standard InChI is InChI=1S/C15H20N2O5S/c1-17(15(18)16-11-6-7-23(19,20)10-11)8-12-9-21-13-4-2-3-5-14(13)22-12/h2-5,11-12H,6-10H2,1H3,(H,16,18)/t11-,12+/m1/s1. The first-order chi connectivity index (χ1) is 10.9. The summed E-state index contributed by atoms with van der Waals surface area (Å²) in [6.45, 7) is 0.728. The SMILES string of the molecule is CN(C[C@H]1COc2ccccc2O1)C(=O)N[C@@H]1CCS(=O)(=O)C1. The summed E-state index contributed by atoms with van der Waals surface area (Å²) in [7, 11) is -1.35. The third-order valence-corrected chi connectivity index (χ3v) is 5.72. The number of rotatable bonds is 3. The van der Waals surface area contributed by atoms with Crippen molar-refractivity contribution in [2.75, 3.05) is 31.7 Å². The molecule has 0 spiro atoms. The van der Waals surface area contributed by atoms with Crippen LogP contribution in [0.5, 0.6) is 11.5 Å². The Morgan fingerprint density at radius 2 is 2.09 bits per heavy atom. The monoisotopic (exact) mass is 340 g/mol. The second-order valence-corrected chi connectivity index (χ2v) is 8.16. The third-order valence-electron chi connectivity index (χ3n) is 3.95. The van der Waals surface area contributed by atoms with Gasteiger partial charge in [-0.25, -0.2) is 13.2 Å². The van der Waals surface area contributed by atoms with E-state index in [2.05, 4.69) is 5.32 Å². The first-order valence-electron chi connectivity index (χ1n) is 7.53. The fourth-order valence-electron chi connectivity index (χ4n) is 2.74. The van der Waals surface area contributed by atoms with Gasteiger partial charge in [0.2, 0.25) is 0 Å². The molecule has 2 aliphatic rings. The van der Waals surface area contributed by atoms with Gasteiger partial charge in [0.05, 0.1) is 18.1 Å². The van der Waals surface area contributed by atoms with Gasteiger partial charge in [0, 0.05) is 13.1 Å². The van der Waals surface area contributed by atoms with Crippen LogP contribution in [0, 0.1) is 0 Å². The number of para-hydroxylation sites is 2. The topological polar surface area (TPSA) is 84.9 Å². The van der Waals surface area contributed by atoms with E-state index in [9.17, 15) is 13.2 Å². The predicted octanol–water partition coefficient (Wildman–Crippen LogP) is 0.655. The van der Waals surface area contributed by atoms with Crippen LogP contribution in [0.2, 0.25) is 0 Å². The van der Waals surface area contributed by atoms with Crippen molar-refractivity contribution >= 4 is 15.9 Å². The Hall–Kier alpha value is -1.96. The summed E-state index contributed by atoms with van der Waals surface area (Å²) in [5.41, 5.74) is 0. The van der Waals surface area contributed by atoms with E-state index in [1.54, 1.807) is 7.05 Å². The van der Waals surface area contributed by atoms with E-state index in [-0.39, 0.29) is 29.7 Å². The molecule has 0 unspecified atom stereocenters. The van der Waals surface area contributed by atoms with E-state index in [1.807, 2.05) is 24.3 Å². The molecule has 2 atom stereocenters. The molecule has 3 rings (SSSR count). The van der Waals surface area contributed by atoms with E-state index in [1.165, 1.54) is 4.90 Å². The zero-order valence-electron chi connectivity index (χ0n) is 12.9. The maximum atomic E-state index is 12.2. The Kier molecular flexibility index (Phi) is 4.34. The Balaban J connectivity index is 1.51. The van der Waals surface area contributed by atoms with E-state index in [0.717, 1.165) is 0 Å². The first-order valence-corrected chi connectivity index (χ1v) is 9.35. The molecule has 1 N–H and O–H groups in total. The van der Waals surface area contributed by atoms with Crippen molar-refractivity contribution < 1.29 is 22.7 Å². The summed E-state index contributed by atoms with van der Waals surface area (Å²) < 4.78 is 34.3. The van der Waals surface area contributed by atoms with Gasteiger partial charge in [0.15, 0.2) is 27.4 Å². The molecule has 8 heteroatoms. The Bertz CT molecular complexity index is 691. The van der Waals surface area contributed by atoms with Crippen LogP contribution in [-0.4, -0.2) is 63.2 Å². The summed E-state index contributed by atoms with van der Waals surface area (Å²) >= 11 is 0. The Labute approximate surface area is 135 Å². The lowest BCUT2D eigenvalue weighted by atomic mass is 10.2. The Morgan fingerprint density at radius 1 is 1.35 bits per heavy atom. The number of urea groups is 1. The molecule has 1 fully saturated rings. The number of ether oxygens (including phenoxy) is 2. The summed E-state index contributed by atoms with van der Waals surface area (Å²) in [6.07, 6.45) is 0.214. The summed E-state index contributed by atoms with van der Waals surface area (Å²) in [5.74, 6) is 1.52. The number of hydrogen-bond acceptors (Lipinski definition) is 5. The first kappa shape index (κ1) is 15.9. The van der Waals surface area contributed by atoms with Crippen LogP contribution in [0.4, 0.5) is 4.79 Å². The van der Waals surface area contributed by atoms with E-state index in [0.29, 0.717) is 31.1 Å². The molecular formula is C15H20N2O5S. The quantitative estimate of drug-likeness (QED) is 0.873. The van der Waals surface area contributed by atoms with Crippen molar-refractivity contribution in [1.29, 1.82) is 0 Å². The minimum Gasteiger partial charge on any atom is -0.486 e. The molecule has 1 saturated heterocycles. The van der Waals surface area contributed by atoms with Crippen molar-refractivity contribution in [2.24, 2.45) is 0 Å². The molecule has 0 radical (unpaired) electrons. The lowest BCUT2D eigenvalue weighted by molar-refractivity contribution is 0.0713. The zero-order valence-corrected chi connectivity index (χ0v) is 13.7. The van der Waals surface area contributed by atoms with Gasteiger partial charge in [-0.15, -0.1) is 0 Å². The van der Waals surface area contributed by atoms with Crippen LogP contribution in [0.1, 0.15) is 6.42 Å². The fraction of sp³-hybridized carbons (Fsp3) is 0.533. The number of likely N-dealkylation sites (N-methyl/N-ethyl adjacent to an activating group) is 1. The molecule has 2 aliphatic heterocycles. The lowest BCUT2D eigenvalue weighted by Crippen LogP contribution is -2.48. The van der Waals surface area contributed by atoms with Crippen LogP contribution in [0.25, 0.3) is 0 Å². The minimum absolute atomic E-state index is 0.0169. The molecule has 0 aromatic heterocycles. The number of fused-ring (bicyclic) bond motifs is 1. The average Bonchev–Trinajstić information content (AvgIpc) is 2.86. The van der Waals surface area contributed by atoms with Gasteiger partial charge in [-0.05, 0) is 18.6 Å². The summed E-state index contributed by atoms with van der Waals surface area (Å²) in [4.78, 5) is 13.6. The summed E-state index contributed by atoms with van der Waals surface area (Å²) in [6, 6.07) is 6.79. The highest BCUT2D eigenvalue weighted by Crippen LogP contribution is 2.30. The lowest BCUT2D eigenvalue weighted by Gasteiger charge is -2.30. The number of sulfone groups is 1. The molecule has 0 aliphatic carbocycles. The molecule has 2 heterocycles. The normalized spacial score (nSPS) is 24.9. The van der Waals surface area contributed by atoms with Crippen molar-refractivity contribution in [3.63, 3.8) is 0 Å². The van der Waals surface area contributed by atoms with Gasteiger partial charge in [0.1, 0.15) is 6.61 Å². The van der Waals surface area contributed by atoms with Gasteiger partial charge in [0.25, 0.3) is 0 Å². The van der Waals surface area contributed by atoms with Crippen LogP contribution < -0.4 is 14.8 Å². The van der Waals surface area contributed by atoms with E-state index in [4.69, 9.17) is 9.47 Å². The van der Waals surface area contributed by atoms with Crippen molar-refractivity contribution in [3.05, 3.63) is 24.3 Å². The fourth-order valence-corrected chi connectivity index (χ4v) is 4.41. The average molecular weight is 340 g/mol. The van der Waals surface area contributed by atoms with Gasteiger partial charge in [-0.2, -0.15) is 0 Å². The maximum absolute atomic E-state index is 12.2. The van der Waals surface area contributed by atoms with Crippen LogP contribution in [0.3, 0.4) is 0 Å². The van der Waals surface area contributed by atoms with Gasteiger partial charge in [-0.3, -0.25) is 0 Å². The molecule has 0 saturated carbocycles. The van der Waals surface area contributed by atoms with Crippen LogP contribution in [-0.2, 0) is 9.84 Å². The number of carbonyl (C=O) groups is 1. The molecule has 7 nitrogen and oxygen atoms in total. The number of benzene rings is 1. The van der Waals surface area contributed by atoms with E-state index >= 15 is 0 Å². The third kappa shape index (κ3) is 3.87. The summed E-state index contributed by atoms with van der Waals surface area (Å²) in [5, 5.41) is 2.75. The van der Waals surface area contributed by atoms with Gasteiger partial charge >= 0.3 is 6.03 Å². The van der Waals surface area contributed by atoms with Gasteiger partial charge < -0.3 is 19.7 Å². The van der Waals surface area contributed by atoms with Crippen LogP contribution in [0.15, 0.2) is 24.3 Å². The molecule has 126 valence electrons. The molecule has 2 amide bonds. The van der Waals surface area contributed by atoms with Crippen molar-refractivity contribution in [1.82, 2.24) is 10.2 Å². The smallest absolute Gasteiger partial charge is 0.317 e. The number of amides is 2. The van der Waals surface area contributed by atoms with E-state index < -0.39 is 9.84 Å². The van der Waals surface area contributed by atoms with Crippen LogP contribution >= 0.6 is 0 Å². The molecular weight excluding hydrogens is 320 g/mol. The minimum atomic E-state index is -3.01. The molecule has 1 aromatic rings.